The number of alkyl carbamates (subject to hydrolysis) is 1. The number of aliphatic imine (C=N–C) groups is 1. The lowest BCUT2D eigenvalue weighted by Gasteiger charge is -2.40. The lowest BCUT2D eigenvalue weighted by molar-refractivity contribution is 0.0302. The molecule has 1 N–H and O–H groups in total. The molecule has 2 bridgehead atoms. The predicted octanol–water partition coefficient (Wildman–Crippen LogP) is 9.24. The number of esters is 1. The first-order valence-corrected chi connectivity index (χ1v) is 18.9. The number of amides is 1. The third kappa shape index (κ3) is 8.49. The van der Waals surface area contributed by atoms with Crippen LogP contribution in [0.2, 0.25) is 10.0 Å². The molecular formula is C41H37Cl2N3O7S. The van der Waals surface area contributed by atoms with Crippen molar-refractivity contribution < 1.29 is 33.3 Å². The highest BCUT2D eigenvalue weighted by Crippen LogP contribution is 2.37. The van der Waals surface area contributed by atoms with Crippen LogP contribution in [0.5, 0.6) is 17.2 Å². The Morgan fingerprint density at radius 3 is 2.39 bits per heavy atom. The quantitative estimate of drug-likeness (QED) is 0.111. The molecule has 4 atom stereocenters. The number of thiophene rings is 1. The molecule has 2 aliphatic rings. The molecule has 1 amide bonds. The van der Waals surface area contributed by atoms with E-state index in [2.05, 4.69) is 15.3 Å². The van der Waals surface area contributed by atoms with Gasteiger partial charge in [-0.1, -0.05) is 71.7 Å². The number of methoxy groups -OCH3 is 2. The number of hydrogen-bond acceptors (Lipinski definition) is 10. The van der Waals surface area contributed by atoms with E-state index in [0.29, 0.717) is 49.2 Å². The lowest BCUT2D eigenvalue weighted by Crippen LogP contribution is -2.50. The van der Waals surface area contributed by atoms with Gasteiger partial charge in [0.25, 0.3) is 0 Å². The van der Waals surface area contributed by atoms with Gasteiger partial charge in [0.2, 0.25) is 0 Å². The molecule has 0 saturated heterocycles. The number of pyridine rings is 1. The minimum atomic E-state index is -0.759. The SMILES string of the molecule is COc1ccc([C@H](Cc2c(Cl)cncc2Cl)OC(=O)c2ccc(COc3cccc([C@@H](NC(=O)O[C@H]4C5=NCCC4C5)c4ccccc4)c3)s2)cc1OC. The number of carbonyl (C=O) groups is 2. The fourth-order valence-corrected chi connectivity index (χ4v) is 7.93. The van der Waals surface area contributed by atoms with E-state index in [4.69, 9.17) is 46.9 Å². The summed E-state index contributed by atoms with van der Waals surface area (Å²) in [6.07, 6.45) is 3.55. The van der Waals surface area contributed by atoms with Gasteiger partial charge in [-0.3, -0.25) is 9.98 Å². The number of fused-ring (bicyclic) bond motifs is 2. The Morgan fingerprint density at radius 1 is 0.889 bits per heavy atom. The molecule has 3 aromatic carbocycles. The van der Waals surface area contributed by atoms with Crippen LogP contribution in [0.25, 0.3) is 0 Å². The molecule has 0 radical (unpaired) electrons. The van der Waals surface area contributed by atoms with Crippen molar-refractivity contribution in [2.75, 3.05) is 20.8 Å². The molecule has 7 rings (SSSR count). The van der Waals surface area contributed by atoms with Crippen LogP contribution in [-0.2, 0) is 22.5 Å². The summed E-state index contributed by atoms with van der Waals surface area (Å²) in [5, 5.41) is 3.79. The van der Waals surface area contributed by atoms with Gasteiger partial charge < -0.3 is 29.0 Å². The van der Waals surface area contributed by atoms with Gasteiger partial charge in [-0.15, -0.1) is 11.3 Å². The number of rotatable bonds is 14. The molecule has 1 aliphatic carbocycles. The van der Waals surface area contributed by atoms with E-state index in [1.165, 1.54) is 30.8 Å². The number of aromatic nitrogens is 1. The standard InChI is InChI=1S/C41H37Cl2N3O7S/c1-49-34-13-11-25(19-36(34)50-2)35(20-30-31(42)21-44-22-32(30)43)52-40(47)37-14-12-29(54-37)23-51-28-10-6-9-26(17-28)38(24-7-4-3-5-8-24)46-41(48)53-39-27-15-16-45-33(39)18-27/h3-14,17,19,21-22,27,35,38-39H,15-16,18,20,23H2,1-2H3,(H,46,48)/t27?,35-,38-,39+/m0/s1. The Hall–Kier alpha value is -5.10. The van der Waals surface area contributed by atoms with Gasteiger partial charge in [-0.05, 0) is 71.5 Å². The van der Waals surface area contributed by atoms with Crippen LogP contribution in [0.1, 0.15) is 61.8 Å². The Balaban J connectivity index is 1.04. The van der Waals surface area contributed by atoms with Gasteiger partial charge in [0.05, 0.1) is 36.0 Å². The maximum absolute atomic E-state index is 13.6. The molecule has 1 aliphatic heterocycles. The molecule has 0 spiro atoms. The zero-order chi connectivity index (χ0) is 37.6. The Bertz CT molecular complexity index is 2140. The number of hydrogen-bond donors (Lipinski definition) is 1. The van der Waals surface area contributed by atoms with E-state index in [1.54, 1.807) is 31.4 Å². The van der Waals surface area contributed by atoms with Crippen LogP contribution in [0, 0.1) is 5.92 Å². The summed E-state index contributed by atoms with van der Waals surface area (Å²) in [4.78, 5) is 36.5. The van der Waals surface area contributed by atoms with E-state index in [9.17, 15) is 9.59 Å². The third-order valence-corrected chi connectivity index (χ3v) is 11.2. The van der Waals surface area contributed by atoms with Crippen molar-refractivity contribution in [1.29, 1.82) is 0 Å². The second-order valence-electron chi connectivity index (χ2n) is 12.9. The molecule has 278 valence electrons. The summed E-state index contributed by atoms with van der Waals surface area (Å²) in [7, 11) is 3.09. The first kappa shape index (κ1) is 37.2. The maximum atomic E-state index is 13.6. The number of halogens is 2. The van der Waals surface area contributed by atoms with E-state index < -0.39 is 24.2 Å². The first-order valence-electron chi connectivity index (χ1n) is 17.4. The number of carbonyl (C=O) groups excluding carboxylic acids is 2. The highest BCUT2D eigenvalue weighted by Gasteiger charge is 2.43. The number of ether oxygens (including phenoxy) is 5. The van der Waals surface area contributed by atoms with Crippen molar-refractivity contribution in [3.63, 3.8) is 0 Å². The van der Waals surface area contributed by atoms with E-state index >= 15 is 0 Å². The summed E-state index contributed by atoms with van der Waals surface area (Å²) in [6, 6.07) is 25.7. The van der Waals surface area contributed by atoms with Gasteiger partial charge in [0.1, 0.15) is 29.4 Å². The summed E-state index contributed by atoms with van der Waals surface area (Å²) < 4.78 is 29.0. The van der Waals surface area contributed by atoms with Crippen LogP contribution >= 0.6 is 34.5 Å². The molecular weight excluding hydrogens is 749 g/mol. The molecule has 2 aromatic heterocycles. The van der Waals surface area contributed by atoms with Crippen LogP contribution in [0.4, 0.5) is 4.79 Å². The lowest BCUT2D eigenvalue weighted by atomic mass is 9.75. The normalized spacial score (nSPS) is 16.9. The minimum Gasteiger partial charge on any atom is -0.493 e. The zero-order valence-corrected chi connectivity index (χ0v) is 31.8. The first-order chi connectivity index (χ1) is 26.3. The van der Waals surface area contributed by atoms with Gasteiger partial charge in [0, 0.05) is 36.2 Å². The highest BCUT2D eigenvalue weighted by atomic mass is 35.5. The second-order valence-corrected chi connectivity index (χ2v) is 14.8. The van der Waals surface area contributed by atoms with Crippen molar-refractivity contribution >= 4 is 52.3 Å². The smallest absolute Gasteiger partial charge is 0.408 e. The fourth-order valence-electron chi connectivity index (χ4n) is 6.61. The topological polar surface area (TPSA) is 118 Å². The average molecular weight is 787 g/mol. The Morgan fingerprint density at radius 2 is 1.67 bits per heavy atom. The summed E-state index contributed by atoms with van der Waals surface area (Å²) in [6.45, 7) is 1.01. The molecule has 1 fully saturated rings. The third-order valence-electron chi connectivity index (χ3n) is 9.48. The Labute approximate surface area is 327 Å². The molecule has 1 unspecified atom stereocenters. The van der Waals surface area contributed by atoms with Crippen molar-refractivity contribution in [3.05, 3.63) is 139 Å². The monoisotopic (exact) mass is 785 g/mol. The largest absolute Gasteiger partial charge is 0.493 e. The average Bonchev–Trinajstić information content (AvgIpc) is 3.69. The summed E-state index contributed by atoms with van der Waals surface area (Å²) >= 11 is 14.2. The Kier molecular flexibility index (Phi) is 11.7. The van der Waals surface area contributed by atoms with Crippen LogP contribution in [0.3, 0.4) is 0 Å². The van der Waals surface area contributed by atoms with Crippen LogP contribution in [-0.4, -0.2) is 49.6 Å². The minimum absolute atomic E-state index is 0.200. The van der Waals surface area contributed by atoms with Crippen LogP contribution in [0.15, 0.2) is 102 Å². The summed E-state index contributed by atoms with van der Waals surface area (Å²) in [5.74, 6) is 1.45. The van der Waals surface area contributed by atoms with Crippen LogP contribution < -0.4 is 19.5 Å². The number of benzene rings is 3. The zero-order valence-electron chi connectivity index (χ0n) is 29.5. The number of nitrogens with zero attached hydrogens (tertiary/aromatic N) is 2. The van der Waals surface area contributed by atoms with Crippen molar-refractivity contribution in [2.45, 2.75) is 44.1 Å². The van der Waals surface area contributed by atoms with Crippen molar-refractivity contribution in [2.24, 2.45) is 10.9 Å². The number of nitrogens with one attached hydrogen (secondary N) is 1. The van der Waals surface area contributed by atoms with Crippen molar-refractivity contribution in [1.82, 2.24) is 10.3 Å². The van der Waals surface area contributed by atoms with Gasteiger partial charge in [0.15, 0.2) is 11.5 Å². The molecule has 13 heteroatoms. The van der Waals surface area contributed by atoms with Gasteiger partial charge in [-0.25, -0.2) is 9.59 Å². The molecule has 10 nitrogen and oxygen atoms in total. The molecule has 3 heterocycles. The predicted molar refractivity (Wildman–Crippen MR) is 207 cm³/mol. The second kappa shape index (κ2) is 16.9. The fraction of sp³-hybridized carbons (Fsp3) is 0.268. The van der Waals surface area contributed by atoms with E-state index in [1.807, 2.05) is 60.7 Å². The molecule has 1 saturated carbocycles. The molecule has 5 aromatic rings. The van der Waals surface area contributed by atoms with E-state index in [-0.39, 0.29) is 19.1 Å². The van der Waals surface area contributed by atoms with Crippen molar-refractivity contribution in [3.8, 4) is 17.2 Å². The molecule has 54 heavy (non-hydrogen) atoms. The highest BCUT2D eigenvalue weighted by molar-refractivity contribution is 7.13. The van der Waals surface area contributed by atoms with E-state index in [0.717, 1.165) is 41.1 Å². The van der Waals surface area contributed by atoms with Gasteiger partial charge >= 0.3 is 12.1 Å². The summed E-state index contributed by atoms with van der Waals surface area (Å²) in [5.41, 5.74) is 3.96. The maximum Gasteiger partial charge on any atom is 0.408 e. The van der Waals surface area contributed by atoms with Gasteiger partial charge in [-0.2, -0.15) is 0 Å².